The van der Waals surface area contributed by atoms with Gasteiger partial charge in [-0.1, -0.05) is 42.5 Å². The van der Waals surface area contributed by atoms with E-state index in [4.69, 9.17) is 0 Å². The Morgan fingerprint density at radius 2 is 2.08 bits per heavy atom. The molecule has 1 unspecified atom stereocenters. The van der Waals surface area contributed by atoms with Crippen LogP contribution < -0.4 is 10.6 Å². The highest BCUT2D eigenvalue weighted by atomic mass is 16.2. The van der Waals surface area contributed by atoms with Crippen LogP contribution >= 0.6 is 0 Å². The highest BCUT2D eigenvalue weighted by Crippen LogP contribution is 2.17. The molecular weight excluding hydrogens is 302 g/mol. The Kier molecular flexibility index (Phi) is 5.59. The van der Waals surface area contributed by atoms with Crippen LogP contribution in [0.4, 0.5) is 0 Å². The Bertz CT molecular complexity index is 648. The lowest BCUT2D eigenvalue weighted by atomic mass is 10.0. The lowest BCUT2D eigenvalue weighted by Crippen LogP contribution is -2.36. The summed E-state index contributed by atoms with van der Waals surface area (Å²) in [7, 11) is 0. The van der Waals surface area contributed by atoms with Gasteiger partial charge >= 0.3 is 0 Å². The van der Waals surface area contributed by atoms with Gasteiger partial charge in [-0.15, -0.1) is 5.10 Å². The molecule has 3 rings (SSSR count). The Morgan fingerprint density at radius 1 is 1.33 bits per heavy atom. The number of carbonyl (C=O) groups is 1. The van der Waals surface area contributed by atoms with Crippen LogP contribution in [-0.4, -0.2) is 40.0 Å². The predicted molar refractivity (Wildman–Crippen MR) is 92.9 cm³/mol. The molecule has 1 aliphatic heterocycles. The third-order valence-corrected chi connectivity index (χ3v) is 4.58. The quantitative estimate of drug-likeness (QED) is 0.851. The van der Waals surface area contributed by atoms with Gasteiger partial charge in [-0.3, -0.25) is 4.79 Å². The van der Waals surface area contributed by atoms with Crippen molar-refractivity contribution in [2.45, 2.75) is 44.7 Å². The van der Waals surface area contributed by atoms with Crippen molar-refractivity contribution < 1.29 is 4.79 Å². The molecule has 1 amide bonds. The molecule has 6 heteroatoms. The number of nitrogens with one attached hydrogen (secondary N) is 2. The summed E-state index contributed by atoms with van der Waals surface area (Å²) < 4.78 is 1.84. The summed E-state index contributed by atoms with van der Waals surface area (Å²) in [5.74, 6) is -0.141. The molecule has 24 heavy (non-hydrogen) atoms. The Morgan fingerprint density at radius 3 is 2.79 bits per heavy atom. The topological polar surface area (TPSA) is 71.8 Å². The SMILES string of the molecule is CCC(Cc1ccccc1)NC(=O)c1cn(C2CCNCC2)nn1. The fourth-order valence-electron chi connectivity index (χ4n) is 3.09. The molecule has 1 aliphatic rings. The van der Waals surface area contributed by atoms with E-state index in [0.29, 0.717) is 11.7 Å². The van der Waals surface area contributed by atoms with Crippen LogP contribution in [0.1, 0.15) is 48.3 Å². The van der Waals surface area contributed by atoms with Gasteiger partial charge in [0.15, 0.2) is 5.69 Å². The van der Waals surface area contributed by atoms with Gasteiger partial charge in [-0.2, -0.15) is 0 Å². The summed E-state index contributed by atoms with van der Waals surface area (Å²) in [4.78, 5) is 12.5. The lowest BCUT2D eigenvalue weighted by molar-refractivity contribution is 0.0930. The zero-order valence-electron chi connectivity index (χ0n) is 14.1. The fourth-order valence-corrected chi connectivity index (χ4v) is 3.09. The zero-order valence-corrected chi connectivity index (χ0v) is 14.1. The van der Waals surface area contributed by atoms with Crippen molar-refractivity contribution in [3.05, 3.63) is 47.8 Å². The van der Waals surface area contributed by atoms with Crippen molar-refractivity contribution in [2.75, 3.05) is 13.1 Å². The number of aromatic nitrogens is 3. The third kappa shape index (κ3) is 4.20. The highest BCUT2D eigenvalue weighted by Gasteiger charge is 2.20. The van der Waals surface area contributed by atoms with Crippen LogP contribution in [0.25, 0.3) is 0 Å². The number of hydrogen-bond acceptors (Lipinski definition) is 4. The molecule has 2 N–H and O–H groups in total. The number of amides is 1. The number of rotatable bonds is 6. The molecule has 0 bridgehead atoms. The maximum Gasteiger partial charge on any atom is 0.273 e. The van der Waals surface area contributed by atoms with Gasteiger partial charge < -0.3 is 10.6 Å². The maximum atomic E-state index is 12.5. The van der Waals surface area contributed by atoms with Crippen molar-refractivity contribution >= 4 is 5.91 Å². The summed E-state index contributed by atoms with van der Waals surface area (Å²) in [5.41, 5.74) is 1.63. The van der Waals surface area contributed by atoms with E-state index in [9.17, 15) is 4.79 Å². The monoisotopic (exact) mass is 327 g/mol. The second-order valence-electron chi connectivity index (χ2n) is 6.33. The number of hydrogen-bond donors (Lipinski definition) is 2. The Hall–Kier alpha value is -2.21. The Labute approximate surface area is 142 Å². The normalized spacial score (nSPS) is 16.7. The minimum absolute atomic E-state index is 0.101. The summed E-state index contributed by atoms with van der Waals surface area (Å²) in [6.07, 6.45) is 5.53. The van der Waals surface area contributed by atoms with Crippen molar-refractivity contribution in [1.29, 1.82) is 0 Å². The highest BCUT2D eigenvalue weighted by molar-refractivity contribution is 5.92. The van der Waals surface area contributed by atoms with E-state index >= 15 is 0 Å². The lowest BCUT2D eigenvalue weighted by Gasteiger charge is -2.22. The fraction of sp³-hybridized carbons (Fsp3) is 0.500. The molecule has 1 aromatic heterocycles. The second kappa shape index (κ2) is 8.06. The molecule has 2 heterocycles. The van der Waals surface area contributed by atoms with E-state index in [1.165, 1.54) is 5.56 Å². The average molecular weight is 327 g/mol. The summed E-state index contributed by atoms with van der Waals surface area (Å²) in [6, 6.07) is 10.7. The first-order valence-electron chi connectivity index (χ1n) is 8.73. The zero-order chi connectivity index (χ0) is 16.8. The van der Waals surface area contributed by atoms with Crippen LogP contribution in [0.2, 0.25) is 0 Å². The molecule has 0 aliphatic carbocycles. The van der Waals surface area contributed by atoms with Gasteiger partial charge in [0.2, 0.25) is 0 Å². The molecule has 0 saturated carbocycles. The molecule has 6 nitrogen and oxygen atoms in total. The number of carbonyl (C=O) groups excluding carboxylic acids is 1. The van der Waals surface area contributed by atoms with Crippen LogP contribution in [0, 0.1) is 0 Å². The van der Waals surface area contributed by atoms with Gasteiger partial charge in [0.1, 0.15) is 0 Å². The minimum Gasteiger partial charge on any atom is -0.348 e. The first-order chi connectivity index (χ1) is 11.8. The smallest absolute Gasteiger partial charge is 0.273 e. The molecule has 0 spiro atoms. The third-order valence-electron chi connectivity index (χ3n) is 4.58. The van der Waals surface area contributed by atoms with Crippen molar-refractivity contribution in [1.82, 2.24) is 25.6 Å². The molecule has 128 valence electrons. The number of nitrogens with zero attached hydrogens (tertiary/aromatic N) is 3. The molecule has 1 aromatic carbocycles. The summed E-state index contributed by atoms with van der Waals surface area (Å²) in [6.45, 7) is 4.06. The Balaban J connectivity index is 1.60. The summed E-state index contributed by atoms with van der Waals surface area (Å²) >= 11 is 0. The van der Waals surface area contributed by atoms with Gasteiger partial charge in [-0.25, -0.2) is 4.68 Å². The molecule has 1 saturated heterocycles. The maximum absolute atomic E-state index is 12.5. The molecule has 1 fully saturated rings. The van der Waals surface area contributed by atoms with E-state index in [1.54, 1.807) is 6.20 Å². The summed E-state index contributed by atoms with van der Waals surface area (Å²) in [5, 5.41) is 14.6. The minimum atomic E-state index is -0.141. The van der Waals surface area contributed by atoms with E-state index in [0.717, 1.165) is 38.8 Å². The van der Waals surface area contributed by atoms with Crippen molar-refractivity contribution in [3.63, 3.8) is 0 Å². The second-order valence-corrected chi connectivity index (χ2v) is 6.33. The van der Waals surface area contributed by atoms with Gasteiger partial charge in [-0.05, 0) is 44.3 Å². The van der Waals surface area contributed by atoms with E-state index < -0.39 is 0 Å². The molecule has 1 atom stereocenters. The van der Waals surface area contributed by atoms with Gasteiger partial charge in [0.05, 0.1) is 12.2 Å². The molecular formula is C18H25N5O. The van der Waals surface area contributed by atoms with Crippen LogP contribution in [0.5, 0.6) is 0 Å². The number of piperidine rings is 1. The van der Waals surface area contributed by atoms with Gasteiger partial charge in [0, 0.05) is 6.04 Å². The van der Waals surface area contributed by atoms with Gasteiger partial charge in [0.25, 0.3) is 5.91 Å². The van der Waals surface area contributed by atoms with E-state index in [1.807, 2.05) is 22.9 Å². The van der Waals surface area contributed by atoms with Crippen LogP contribution in [0.15, 0.2) is 36.5 Å². The standard InChI is InChI=1S/C18H25N5O/c1-2-15(12-14-6-4-3-5-7-14)20-18(24)17-13-23(22-21-17)16-8-10-19-11-9-16/h3-7,13,15-16,19H,2,8-12H2,1H3,(H,20,24). The van der Waals surface area contributed by atoms with E-state index in [-0.39, 0.29) is 11.9 Å². The van der Waals surface area contributed by atoms with Crippen molar-refractivity contribution in [2.24, 2.45) is 0 Å². The number of benzene rings is 1. The van der Waals surface area contributed by atoms with E-state index in [2.05, 4.69) is 40.0 Å². The largest absolute Gasteiger partial charge is 0.348 e. The van der Waals surface area contributed by atoms with Crippen molar-refractivity contribution in [3.8, 4) is 0 Å². The first-order valence-corrected chi connectivity index (χ1v) is 8.73. The van der Waals surface area contributed by atoms with Crippen LogP contribution in [0.3, 0.4) is 0 Å². The average Bonchev–Trinajstić information content (AvgIpc) is 3.13. The molecule has 2 aromatic rings. The predicted octanol–water partition coefficient (Wildman–Crippen LogP) is 1.95. The first kappa shape index (κ1) is 16.6. The van der Waals surface area contributed by atoms with Crippen LogP contribution in [-0.2, 0) is 6.42 Å². The molecule has 0 radical (unpaired) electrons.